The Morgan fingerprint density at radius 3 is 2.89 bits per heavy atom. The van der Waals surface area contributed by atoms with Crippen molar-refractivity contribution in [2.24, 2.45) is 0 Å². The van der Waals surface area contributed by atoms with Crippen LogP contribution in [0, 0.1) is 0 Å². The molecule has 0 heterocycles. The smallest absolute Gasteiger partial charge is 0.333 e. The van der Waals surface area contributed by atoms with Gasteiger partial charge in [0, 0.05) is 23.2 Å². The second-order valence-electron chi connectivity index (χ2n) is 4.06. The third kappa shape index (κ3) is 4.51. The molecule has 1 unspecified atom stereocenters. The Kier molecular flexibility index (Phi) is 5.89. The van der Waals surface area contributed by atoms with E-state index in [2.05, 4.69) is 10.1 Å². The third-order valence-corrected chi connectivity index (χ3v) is 2.92. The number of methoxy groups -OCH3 is 1. The van der Waals surface area contributed by atoms with Crippen molar-refractivity contribution in [1.82, 2.24) is 5.32 Å². The van der Waals surface area contributed by atoms with Gasteiger partial charge in [0.1, 0.15) is 0 Å². The number of hydrogen-bond acceptors (Lipinski definition) is 3. The number of halogens is 1. The average molecular weight is 268 g/mol. The highest BCUT2D eigenvalue weighted by atomic mass is 35.5. The van der Waals surface area contributed by atoms with Gasteiger partial charge in [-0.2, -0.15) is 0 Å². The lowest BCUT2D eigenvalue weighted by atomic mass is 10.1. The number of benzene rings is 1. The van der Waals surface area contributed by atoms with E-state index in [1.165, 1.54) is 7.11 Å². The average Bonchev–Trinajstić information content (AvgIpc) is 2.37. The molecule has 0 radical (unpaired) electrons. The fourth-order valence-corrected chi connectivity index (χ4v) is 1.73. The standard InChI is InChI=1S/C14H18ClNO2/c1-10(14(17)18-3)7-8-16-11(2)12-5-4-6-13(15)9-12/h4-7,9,11,16H,8H2,1-3H3/b10-7+. The third-order valence-electron chi connectivity index (χ3n) is 2.69. The highest BCUT2D eigenvalue weighted by molar-refractivity contribution is 6.30. The first-order chi connectivity index (χ1) is 8.54. The first kappa shape index (κ1) is 14.7. The van der Waals surface area contributed by atoms with Crippen LogP contribution in [0.25, 0.3) is 0 Å². The fourth-order valence-electron chi connectivity index (χ4n) is 1.53. The molecule has 0 aliphatic rings. The monoisotopic (exact) mass is 267 g/mol. The van der Waals surface area contributed by atoms with Crippen molar-refractivity contribution >= 4 is 17.6 Å². The van der Waals surface area contributed by atoms with Gasteiger partial charge in [-0.3, -0.25) is 0 Å². The van der Waals surface area contributed by atoms with Crippen LogP contribution in [0.15, 0.2) is 35.9 Å². The molecular weight excluding hydrogens is 250 g/mol. The van der Waals surface area contributed by atoms with Gasteiger partial charge in [-0.25, -0.2) is 4.79 Å². The molecular formula is C14H18ClNO2. The second kappa shape index (κ2) is 7.19. The highest BCUT2D eigenvalue weighted by Gasteiger charge is 2.05. The van der Waals surface area contributed by atoms with Crippen LogP contribution in [0.3, 0.4) is 0 Å². The summed E-state index contributed by atoms with van der Waals surface area (Å²) in [6, 6.07) is 7.88. The Labute approximate surface area is 113 Å². The van der Waals surface area contributed by atoms with Gasteiger partial charge in [0.25, 0.3) is 0 Å². The van der Waals surface area contributed by atoms with Crippen LogP contribution in [0.5, 0.6) is 0 Å². The van der Waals surface area contributed by atoms with Gasteiger partial charge in [-0.15, -0.1) is 0 Å². The van der Waals surface area contributed by atoms with Crippen molar-refractivity contribution < 1.29 is 9.53 Å². The van der Waals surface area contributed by atoms with E-state index >= 15 is 0 Å². The molecule has 0 spiro atoms. The first-order valence-electron chi connectivity index (χ1n) is 5.78. The summed E-state index contributed by atoms with van der Waals surface area (Å²) in [6.07, 6.45) is 1.81. The molecule has 0 amide bonds. The van der Waals surface area contributed by atoms with Gasteiger partial charge < -0.3 is 10.1 Å². The Hall–Kier alpha value is -1.32. The molecule has 0 saturated carbocycles. The van der Waals surface area contributed by atoms with Crippen LogP contribution in [0.4, 0.5) is 0 Å². The van der Waals surface area contributed by atoms with Crippen molar-refractivity contribution in [1.29, 1.82) is 0 Å². The van der Waals surface area contributed by atoms with Crippen molar-refractivity contribution in [3.63, 3.8) is 0 Å². The largest absolute Gasteiger partial charge is 0.466 e. The van der Waals surface area contributed by atoms with E-state index in [9.17, 15) is 4.79 Å². The number of hydrogen-bond donors (Lipinski definition) is 1. The molecule has 1 aromatic carbocycles. The van der Waals surface area contributed by atoms with Gasteiger partial charge in [-0.1, -0.05) is 29.8 Å². The second-order valence-corrected chi connectivity index (χ2v) is 4.50. The molecule has 3 nitrogen and oxygen atoms in total. The van der Waals surface area contributed by atoms with Crippen molar-refractivity contribution in [3.05, 3.63) is 46.5 Å². The zero-order valence-corrected chi connectivity index (χ0v) is 11.6. The highest BCUT2D eigenvalue weighted by Crippen LogP contribution is 2.17. The number of ether oxygens (including phenoxy) is 1. The summed E-state index contributed by atoms with van der Waals surface area (Å²) >= 11 is 5.93. The predicted molar refractivity (Wildman–Crippen MR) is 73.6 cm³/mol. The van der Waals surface area contributed by atoms with Gasteiger partial charge >= 0.3 is 5.97 Å². The van der Waals surface area contributed by atoms with Crippen LogP contribution in [0.1, 0.15) is 25.5 Å². The Balaban J connectivity index is 2.52. The molecule has 1 rings (SSSR count). The van der Waals surface area contributed by atoms with Crippen LogP contribution in [-0.2, 0) is 9.53 Å². The molecule has 1 N–H and O–H groups in total. The SMILES string of the molecule is COC(=O)/C(C)=C/CNC(C)c1cccc(Cl)c1. The molecule has 4 heteroatoms. The quantitative estimate of drug-likeness (QED) is 0.658. The summed E-state index contributed by atoms with van der Waals surface area (Å²) in [7, 11) is 1.38. The van der Waals surface area contributed by atoms with Crippen LogP contribution in [-0.4, -0.2) is 19.6 Å². The van der Waals surface area contributed by atoms with Crippen LogP contribution >= 0.6 is 11.6 Å². The summed E-state index contributed by atoms with van der Waals surface area (Å²) in [4.78, 5) is 11.2. The molecule has 0 fully saturated rings. The number of nitrogens with one attached hydrogen (secondary N) is 1. The van der Waals surface area contributed by atoms with Crippen molar-refractivity contribution in [3.8, 4) is 0 Å². The van der Waals surface area contributed by atoms with Gasteiger partial charge in [0.15, 0.2) is 0 Å². The molecule has 1 atom stereocenters. The Morgan fingerprint density at radius 2 is 2.28 bits per heavy atom. The maximum atomic E-state index is 11.2. The minimum absolute atomic E-state index is 0.172. The summed E-state index contributed by atoms with van der Waals surface area (Å²) in [5.41, 5.74) is 1.72. The molecule has 98 valence electrons. The normalized spacial score (nSPS) is 13.2. The topological polar surface area (TPSA) is 38.3 Å². The molecule has 0 bridgehead atoms. The van der Waals surface area contributed by atoms with E-state index in [0.717, 1.165) is 10.6 Å². The zero-order valence-electron chi connectivity index (χ0n) is 10.9. The lowest BCUT2D eigenvalue weighted by Gasteiger charge is -2.13. The van der Waals surface area contributed by atoms with E-state index in [0.29, 0.717) is 12.1 Å². The van der Waals surface area contributed by atoms with E-state index in [1.807, 2.05) is 37.3 Å². The maximum absolute atomic E-state index is 11.2. The molecule has 18 heavy (non-hydrogen) atoms. The zero-order chi connectivity index (χ0) is 13.5. The fraction of sp³-hybridized carbons (Fsp3) is 0.357. The minimum Gasteiger partial charge on any atom is -0.466 e. The summed E-state index contributed by atoms with van der Waals surface area (Å²) < 4.78 is 4.62. The molecule has 1 aromatic rings. The molecule has 0 aliphatic carbocycles. The number of carbonyl (C=O) groups is 1. The lowest BCUT2D eigenvalue weighted by Crippen LogP contribution is -2.19. The van der Waals surface area contributed by atoms with E-state index in [-0.39, 0.29) is 12.0 Å². The lowest BCUT2D eigenvalue weighted by molar-refractivity contribution is -0.136. The van der Waals surface area contributed by atoms with Crippen LogP contribution in [0.2, 0.25) is 5.02 Å². The molecule has 0 aromatic heterocycles. The first-order valence-corrected chi connectivity index (χ1v) is 6.16. The summed E-state index contributed by atoms with van der Waals surface area (Å²) in [6.45, 7) is 4.39. The minimum atomic E-state index is -0.299. The van der Waals surface area contributed by atoms with Crippen LogP contribution < -0.4 is 5.32 Å². The van der Waals surface area contributed by atoms with E-state index in [4.69, 9.17) is 11.6 Å². The molecule has 0 saturated heterocycles. The Morgan fingerprint density at radius 1 is 1.56 bits per heavy atom. The van der Waals surface area contributed by atoms with Gasteiger partial charge in [0.2, 0.25) is 0 Å². The number of esters is 1. The molecule has 0 aliphatic heterocycles. The van der Waals surface area contributed by atoms with Crippen molar-refractivity contribution in [2.75, 3.05) is 13.7 Å². The van der Waals surface area contributed by atoms with E-state index in [1.54, 1.807) is 6.92 Å². The maximum Gasteiger partial charge on any atom is 0.333 e. The summed E-state index contributed by atoms with van der Waals surface area (Å²) in [5, 5.41) is 4.02. The predicted octanol–water partition coefficient (Wildman–Crippen LogP) is 3.11. The Bertz CT molecular complexity index is 443. The van der Waals surface area contributed by atoms with Gasteiger partial charge in [0.05, 0.1) is 7.11 Å². The van der Waals surface area contributed by atoms with Crippen molar-refractivity contribution in [2.45, 2.75) is 19.9 Å². The summed E-state index contributed by atoms with van der Waals surface area (Å²) in [5.74, 6) is -0.299. The van der Waals surface area contributed by atoms with Gasteiger partial charge in [-0.05, 0) is 31.5 Å². The van der Waals surface area contributed by atoms with E-state index < -0.39 is 0 Å². The number of carbonyl (C=O) groups excluding carboxylic acids is 1. The number of rotatable bonds is 5.